The molecule has 17 heavy (non-hydrogen) atoms. The molecule has 0 aliphatic rings. The second-order valence-corrected chi connectivity index (χ2v) is 4.81. The van der Waals surface area contributed by atoms with Crippen LogP contribution < -0.4 is 0 Å². The van der Waals surface area contributed by atoms with Gasteiger partial charge in [-0.25, -0.2) is 4.39 Å². The summed E-state index contributed by atoms with van der Waals surface area (Å²) in [4.78, 5) is 11.7. The lowest BCUT2D eigenvalue weighted by atomic mass is 10.0. The number of rotatable bonds is 6. The molecule has 1 rings (SSSR count). The third kappa shape index (κ3) is 4.56. The minimum atomic E-state index is -0.333. The van der Waals surface area contributed by atoms with E-state index in [1.165, 1.54) is 6.07 Å². The number of carbonyl (C=O) groups excluding carboxylic acids is 1. The number of Topliss-reactive ketones (excluding diaryl/α,β-unsaturated/α-hetero) is 1. The first-order valence-corrected chi connectivity index (χ1v) is 6.31. The van der Waals surface area contributed by atoms with Gasteiger partial charge in [-0.3, -0.25) is 4.79 Å². The number of hydrogen-bond acceptors (Lipinski definition) is 2. The summed E-state index contributed by atoms with van der Waals surface area (Å²) in [5.41, 5.74) is 0.695. The number of ketones is 1. The standard InChI is InChI=1S/C13H16BrFO2/c1-9(17-2)6-7-11(16)8-10-4-3-5-12(15)13(10)14/h3-5,9H,6-8H2,1-2H3. The minimum absolute atomic E-state index is 0.0786. The fraction of sp³-hybridized carbons (Fsp3) is 0.462. The Labute approximate surface area is 109 Å². The maximum Gasteiger partial charge on any atom is 0.137 e. The molecular formula is C13H16BrFO2. The Kier molecular flexibility index (Phi) is 5.78. The third-order valence-electron chi connectivity index (χ3n) is 2.65. The summed E-state index contributed by atoms with van der Waals surface area (Å²) in [7, 11) is 1.62. The fourth-order valence-corrected chi connectivity index (χ4v) is 1.87. The van der Waals surface area contributed by atoms with Crippen molar-refractivity contribution in [3.8, 4) is 0 Å². The molecule has 0 amide bonds. The first kappa shape index (κ1) is 14.3. The van der Waals surface area contributed by atoms with Crippen molar-refractivity contribution < 1.29 is 13.9 Å². The average Bonchev–Trinajstić information content (AvgIpc) is 2.32. The smallest absolute Gasteiger partial charge is 0.137 e. The number of benzene rings is 1. The van der Waals surface area contributed by atoms with E-state index in [0.29, 0.717) is 22.9 Å². The van der Waals surface area contributed by atoms with Gasteiger partial charge in [-0.15, -0.1) is 0 Å². The zero-order chi connectivity index (χ0) is 12.8. The lowest BCUT2D eigenvalue weighted by Crippen LogP contribution is -2.10. The summed E-state index contributed by atoms with van der Waals surface area (Å²) in [5, 5.41) is 0. The van der Waals surface area contributed by atoms with Gasteiger partial charge in [-0.1, -0.05) is 12.1 Å². The molecule has 1 aromatic rings. The molecule has 0 fully saturated rings. The molecule has 1 atom stereocenters. The van der Waals surface area contributed by atoms with Crippen molar-refractivity contribution in [1.29, 1.82) is 0 Å². The normalized spacial score (nSPS) is 12.5. The maximum atomic E-state index is 13.2. The molecule has 0 aromatic heterocycles. The largest absolute Gasteiger partial charge is 0.382 e. The minimum Gasteiger partial charge on any atom is -0.382 e. The van der Waals surface area contributed by atoms with E-state index in [4.69, 9.17) is 4.74 Å². The molecule has 94 valence electrons. The van der Waals surface area contributed by atoms with Gasteiger partial charge in [0.2, 0.25) is 0 Å². The average molecular weight is 303 g/mol. The summed E-state index contributed by atoms with van der Waals surface area (Å²) in [6.45, 7) is 1.92. The first-order chi connectivity index (χ1) is 8.04. The highest BCUT2D eigenvalue weighted by Crippen LogP contribution is 2.21. The Bertz CT molecular complexity index is 393. The van der Waals surface area contributed by atoms with Gasteiger partial charge in [0.25, 0.3) is 0 Å². The second-order valence-electron chi connectivity index (χ2n) is 4.01. The topological polar surface area (TPSA) is 26.3 Å². The van der Waals surface area contributed by atoms with Crippen LogP contribution in [0.3, 0.4) is 0 Å². The molecular weight excluding hydrogens is 287 g/mol. The molecule has 0 saturated carbocycles. The number of halogens is 2. The molecule has 1 unspecified atom stereocenters. The predicted molar refractivity (Wildman–Crippen MR) is 68.5 cm³/mol. The van der Waals surface area contributed by atoms with Gasteiger partial charge in [-0.05, 0) is 40.9 Å². The molecule has 0 heterocycles. The fourth-order valence-electron chi connectivity index (χ4n) is 1.47. The van der Waals surface area contributed by atoms with Crippen molar-refractivity contribution in [2.45, 2.75) is 32.3 Å². The van der Waals surface area contributed by atoms with Crippen LogP contribution in [-0.2, 0) is 16.0 Å². The van der Waals surface area contributed by atoms with Crippen LogP contribution in [0.2, 0.25) is 0 Å². The summed E-state index contributed by atoms with van der Waals surface area (Å²) < 4.78 is 18.7. The molecule has 0 aliphatic heterocycles. The predicted octanol–water partition coefficient (Wildman–Crippen LogP) is 3.51. The van der Waals surface area contributed by atoms with E-state index in [2.05, 4.69) is 15.9 Å². The monoisotopic (exact) mass is 302 g/mol. The lowest BCUT2D eigenvalue weighted by Gasteiger charge is -2.09. The van der Waals surface area contributed by atoms with Crippen LogP contribution >= 0.6 is 15.9 Å². The van der Waals surface area contributed by atoms with Crippen molar-refractivity contribution in [2.24, 2.45) is 0 Å². The van der Waals surface area contributed by atoms with Crippen molar-refractivity contribution in [3.63, 3.8) is 0 Å². The molecule has 0 N–H and O–H groups in total. The maximum absolute atomic E-state index is 13.2. The molecule has 4 heteroatoms. The van der Waals surface area contributed by atoms with Crippen LogP contribution in [0.25, 0.3) is 0 Å². The summed E-state index contributed by atoms with van der Waals surface area (Å²) >= 11 is 3.15. The van der Waals surface area contributed by atoms with Gasteiger partial charge in [0.1, 0.15) is 11.6 Å². The number of hydrogen-bond donors (Lipinski definition) is 0. The number of carbonyl (C=O) groups is 1. The number of ether oxygens (including phenoxy) is 1. The molecule has 0 spiro atoms. The van der Waals surface area contributed by atoms with Gasteiger partial charge in [0, 0.05) is 20.0 Å². The van der Waals surface area contributed by atoms with Crippen molar-refractivity contribution in [3.05, 3.63) is 34.1 Å². The summed E-state index contributed by atoms with van der Waals surface area (Å²) in [6.07, 6.45) is 1.49. The summed E-state index contributed by atoms with van der Waals surface area (Å²) in [5.74, 6) is -0.235. The molecule has 0 bridgehead atoms. The van der Waals surface area contributed by atoms with E-state index < -0.39 is 0 Å². The van der Waals surface area contributed by atoms with E-state index in [1.807, 2.05) is 6.92 Å². The highest BCUT2D eigenvalue weighted by Gasteiger charge is 2.11. The van der Waals surface area contributed by atoms with Gasteiger partial charge in [0.15, 0.2) is 0 Å². The Hall–Kier alpha value is -0.740. The van der Waals surface area contributed by atoms with Crippen LogP contribution in [0, 0.1) is 5.82 Å². The summed E-state index contributed by atoms with van der Waals surface area (Å²) in [6, 6.07) is 4.73. The van der Waals surface area contributed by atoms with Crippen LogP contribution in [0.5, 0.6) is 0 Å². The third-order valence-corrected chi connectivity index (χ3v) is 3.54. The van der Waals surface area contributed by atoms with Crippen LogP contribution in [-0.4, -0.2) is 19.0 Å². The molecule has 1 aromatic carbocycles. The zero-order valence-corrected chi connectivity index (χ0v) is 11.6. The van der Waals surface area contributed by atoms with Gasteiger partial charge in [-0.2, -0.15) is 0 Å². The Morgan fingerprint density at radius 3 is 2.88 bits per heavy atom. The second kappa shape index (κ2) is 6.87. The quantitative estimate of drug-likeness (QED) is 0.804. The molecule has 2 nitrogen and oxygen atoms in total. The van der Waals surface area contributed by atoms with E-state index in [0.717, 1.165) is 0 Å². The first-order valence-electron chi connectivity index (χ1n) is 5.52. The zero-order valence-electron chi connectivity index (χ0n) is 10.0. The van der Waals surface area contributed by atoms with E-state index >= 15 is 0 Å². The van der Waals surface area contributed by atoms with Crippen molar-refractivity contribution >= 4 is 21.7 Å². The Balaban J connectivity index is 2.54. The highest BCUT2D eigenvalue weighted by atomic mass is 79.9. The van der Waals surface area contributed by atoms with E-state index in [9.17, 15) is 9.18 Å². The molecule has 0 saturated heterocycles. The molecule has 0 aliphatic carbocycles. The van der Waals surface area contributed by atoms with Crippen LogP contribution in [0.15, 0.2) is 22.7 Å². The van der Waals surface area contributed by atoms with E-state index in [1.54, 1.807) is 19.2 Å². The van der Waals surface area contributed by atoms with Crippen molar-refractivity contribution in [1.82, 2.24) is 0 Å². The van der Waals surface area contributed by atoms with Crippen LogP contribution in [0.1, 0.15) is 25.3 Å². The lowest BCUT2D eigenvalue weighted by molar-refractivity contribution is -0.119. The Morgan fingerprint density at radius 2 is 2.24 bits per heavy atom. The highest BCUT2D eigenvalue weighted by molar-refractivity contribution is 9.10. The SMILES string of the molecule is COC(C)CCC(=O)Cc1cccc(F)c1Br. The van der Waals surface area contributed by atoms with Crippen molar-refractivity contribution in [2.75, 3.05) is 7.11 Å². The van der Waals surface area contributed by atoms with Crippen LogP contribution in [0.4, 0.5) is 4.39 Å². The van der Waals surface area contributed by atoms with E-state index in [-0.39, 0.29) is 24.1 Å². The Morgan fingerprint density at radius 1 is 1.53 bits per heavy atom. The molecule has 0 radical (unpaired) electrons. The van der Waals surface area contributed by atoms with Gasteiger partial charge < -0.3 is 4.74 Å². The van der Waals surface area contributed by atoms with Gasteiger partial charge >= 0.3 is 0 Å². The number of methoxy groups -OCH3 is 1. The van der Waals surface area contributed by atoms with Gasteiger partial charge in [0.05, 0.1) is 10.6 Å².